The minimum atomic E-state index is -0.0931. The van der Waals surface area contributed by atoms with E-state index in [9.17, 15) is 4.79 Å². The van der Waals surface area contributed by atoms with Crippen LogP contribution in [0, 0.1) is 6.92 Å². The van der Waals surface area contributed by atoms with Crippen molar-refractivity contribution in [1.29, 1.82) is 0 Å². The Bertz CT molecular complexity index is 478. The predicted octanol–water partition coefficient (Wildman–Crippen LogP) is 2.45. The third-order valence-corrected chi connectivity index (χ3v) is 4.24. The predicted molar refractivity (Wildman–Crippen MR) is 76.9 cm³/mol. The van der Waals surface area contributed by atoms with Gasteiger partial charge in [-0.15, -0.1) is 0 Å². The molecule has 3 heterocycles. The number of aryl methyl sites for hydroxylation is 1. The Morgan fingerprint density at radius 3 is 3.00 bits per heavy atom. The average Bonchev–Trinajstić information content (AvgIpc) is 3.16. The number of rotatable bonds is 4. The van der Waals surface area contributed by atoms with Crippen molar-refractivity contribution in [1.82, 2.24) is 4.90 Å². The number of nitrogens with zero attached hydrogens (tertiary/aromatic N) is 1. The van der Waals surface area contributed by atoms with E-state index in [0.717, 1.165) is 37.4 Å². The molecule has 2 aliphatic rings. The summed E-state index contributed by atoms with van der Waals surface area (Å²) < 4.78 is 16.8. The molecule has 5 heteroatoms. The Morgan fingerprint density at radius 2 is 2.29 bits per heavy atom. The summed E-state index contributed by atoms with van der Waals surface area (Å²) >= 11 is 0. The second-order valence-corrected chi connectivity index (χ2v) is 5.80. The molecule has 2 atom stereocenters. The van der Waals surface area contributed by atoms with Gasteiger partial charge in [0, 0.05) is 19.6 Å². The first-order chi connectivity index (χ1) is 10.2. The van der Waals surface area contributed by atoms with Gasteiger partial charge in [-0.25, -0.2) is 0 Å². The van der Waals surface area contributed by atoms with Crippen molar-refractivity contribution in [2.24, 2.45) is 0 Å². The molecule has 2 saturated heterocycles. The molecule has 3 rings (SSSR count). The van der Waals surface area contributed by atoms with E-state index >= 15 is 0 Å². The summed E-state index contributed by atoms with van der Waals surface area (Å²) in [5, 5.41) is 0. The highest BCUT2D eigenvalue weighted by Crippen LogP contribution is 2.27. The summed E-state index contributed by atoms with van der Waals surface area (Å²) in [6.07, 6.45) is 3.82. The van der Waals surface area contributed by atoms with Crippen molar-refractivity contribution in [3.63, 3.8) is 0 Å². The third kappa shape index (κ3) is 3.47. The van der Waals surface area contributed by atoms with E-state index in [1.807, 2.05) is 24.0 Å². The van der Waals surface area contributed by atoms with Crippen molar-refractivity contribution < 1.29 is 18.7 Å². The van der Waals surface area contributed by atoms with Crippen molar-refractivity contribution in [3.8, 4) is 0 Å². The standard InChI is InChI=1S/C16H23NO4/c1-12-4-6-15(21-12)14-11-19-10-8-17(14)16(18)7-5-13-3-2-9-20-13/h4,6,13-14H,2-3,5,7-11H2,1H3/t13-,14+/m1/s1. The smallest absolute Gasteiger partial charge is 0.223 e. The van der Waals surface area contributed by atoms with Crippen LogP contribution in [0.1, 0.15) is 43.2 Å². The lowest BCUT2D eigenvalue weighted by molar-refractivity contribution is -0.141. The molecule has 5 nitrogen and oxygen atoms in total. The van der Waals surface area contributed by atoms with Gasteiger partial charge < -0.3 is 18.8 Å². The van der Waals surface area contributed by atoms with Crippen LogP contribution in [-0.2, 0) is 14.3 Å². The maximum Gasteiger partial charge on any atom is 0.223 e. The molecule has 0 unspecified atom stereocenters. The molecule has 1 aromatic heterocycles. The molecule has 0 spiro atoms. The van der Waals surface area contributed by atoms with Gasteiger partial charge >= 0.3 is 0 Å². The van der Waals surface area contributed by atoms with Crippen LogP contribution in [0.5, 0.6) is 0 Å². The van der Waals surface area contributed by atoms with Gasteiger partial charge in [-0.05, 0) is 38.3 Å². The Morgan fingerprint density at radius 1 is 1.38 bits per heavy atom. The SMILES string of the molecule is Cc1ccc([C@@H]2COCCN2C(=O)CC[C@H]2CCCO2)o1. The molecule has 21 heavy (non-hydrogen) atoms. The van der Waals surface area contributed by atoms with Crippen LogP contribution in [0.3, 0.4) is 0 Å². The number of carbonyl (C=O) groups excluding carboxylic acids is 1. The molecule has 0 radical (unpaired) electrons. The van der Waals surface area contributed by atoms with Crippen LogP contribution in [0.25, 0.3) is 0 Å². The molecule has 116 valence electrons. The van der Waals surface area contributed by atoms with Gasteiger partial charge in [-0.2, -0.15) is 0 Å². The van der Waals surface area contributed by atoms with Crippen LogP contribution < -0.4 is 0 Å². The zero-order chi connectivity index (χ0) is 14.7. The molecule has 0 saturated carbocycles. The molecule has 0 bridgehead atoms. The number of amides is 1. The summed E-state index contributed by atoms with van der Waals surface area (Å²) in [5.74, 6) is 1.85. The average molecular weight is 293 g/mol. The Labute approximate surface area is 125 Å². The number of furan rings is 1. The van der Waals surface area contributed by atoms with E-state index in [1.54, 1.807) is 0 Å². The van der Waals surface area contributed by atoms with Gasteiger partial charge in [0.1, 0.15) is 17.6 Å². The molecule has 2 aliphatic heterocycles. The van der Waals surface area contributed by atoms with Crippen molar-refractivity contribution in [2.45, 2.75) is 44.8 Å². The van der Waals surface area contributed by atoms with Gasteiger partial charge in [0.25, 0.3) is 0 Å². The summed E-state index contributed by atoms with van der Waals surface area (Å²) in [6, 6.07) is 3.78. The fourth-order valence-electron chi connectivity index (χ4n) is 3.07. The quantitative estimate of drug-likeness (QED) is 0.855. The summed E-state index contributed by atoms with van der Waals surface area (Å²) in [5.41, 5.74) is 0. The monoisotopic (exact) mass is 293 g/mol. The second-order valence-electron chi connectivity index (χ2n) is 5.80. The van der Waals surface area contributed by atoms with Crippen molar-refractivity contribution in [2.75, 3.05) is 26.4 Å². The van der Waals surface area contributed by atoms with Crippen LogP contribution in [0.15, 0.2) is 16.5 Å². The first-order valence-corrected chi connectivity index (χ1v) is 7.79. The Kier molecular flexibility index (Phi) is 4.60. The fraction of sp³-hybridized carbons (Fsp3) is 0.688. The largest absolute Gasteiger partial charge is 0.464 e. The molecular weight excluding hydrogens is 270 g/mol. The van der Waals surface area contributed by atoms with E-state index in [1.165, 1.54) is 0 Å². The Hall–Kier alpha value is -1.33. The van der Waals surface area contributed by atoms with E-state index < -0.39 is 0 Å². The molecule has 2 fully saturated rings. The summed E-state index contributed by atoms with van der Waals surface area (Å²) in [4.78, 5) is 14.4. The van der Waals surface area contributed by atoms with Gasteiger partial charge in [0.2, 0.25) is 5.91 Å². The lowest BCUT2D eigenvalue weighted by atomic mass is 10.1. The number of hydrogen-bond donors (Lipinski definition) is 0. The van der Waals surface area contributed by atoms with Gasteiger partial charge in [0.05, 0.1) is 19.3 Å². The number of carbonyl (C=O) groups is 1. The van der Waals surface area contributed by atoms with Crippen molar-refractivity contribution >= 4 is 5.91 Å². The van der Waals surface area contributed by atoms with E-state index in [-0.39, 0.29) is 18.1 Å². The highest BCUT2D eigenvalue weighted by Gasteiger charge is 2.31. The number of ether oxygens (including phenoxy) is 2. The maximum atomic E-state index is 12.5. The lowest BCUT2D eigenvalue weighted by Gasteiger charge is -2.34. The van der Waals surface area contributed by atoms with Gasteiger partial charge in [0.15, 0.2) is 0 Å². The highest BCUT2D eigenvalue weighted by molar-refractivity contribution is 5.76. The highest BCUT2D eigenvalue weighted by atomic mass is 16.5. The van der Waals surface area contributed by atoms with Crippen molar-refractivity contribution in [3.05, 3.63) is 23.7 Å². The topological polar surface area (TPSA) is 51.9 Å². The summed E-state index contributed by atoms with van der Waals surface area (Å²) in [7, 11) is 0. The van der Waals surface area contributed by atoms with Crippen LogP contribution in [0.4, 0.5) is 0 Å². The molecule has 0 aliphatic carbocycles. The molecule has 1 amide bonds. The van der Waals surface area contributed by atoms with Crippen LogP contribution in [0.2, 0.25) is 0 Å². The summed E-state index contributed by atoms with van der Waals surface area (Å²) in [6.45, 7) is 4.50. The molecule has 0 aromatic carbocycles. The third-order valence-electron chi connectivity index (χ3n) is 4.24. The first kappa shape index (κ1) is 14.6. The first-order valence-electron chi connectivity index (χ1n) is 7.79. The zero-order valence-corrected chi connectivity index (χ0v) is 12.5. The van der Waals surface area contributed by atoms with E-state index in [0.29, 0.717) is 26.2 Å². The number of morpholine rings is 1. The Balaban J connectivity index is 1.61. The lowest BCUT2D eigenvalue weighted by Crippen LogP contribution is -2.43. The van der Waals surface area contributed by atoms with E-state index in [2.05, 4.69) is 0 Å². The molecule has 0 N–H and O–H groups in total. The maximum absolute atomic E-state index is 12.5. The number of hydrogen-bond acceptors (Lipinski definition) is 4. The normalized spacial score (nSPS) is 26.2. The van der Waals surface area contributed by atoms with E-state index in [4.69, 9.17) is 13.9 Å². The molecule has 1 aromatic rings. The van der Waals surface area contributed by atoms with Crippen LogP contribution >= 0.6 is 0 Å². The minimum absolute atomic E-state index is 0.0931. The minimum Gasteiger partial charge on any atom is -0.464 e. The fourth-order valence-corrected chi connectivity index (χ4v) is 3.07. The second kappa shape index (κ2) is 6.62. The van der Waals surface area contributed by atoms with Crippen LogP contribution in [-0.4, -0.2) is 43.3 Å². The van der Waals surface area contributed by atoms with Gasteiger partial charge in [-0.1, -0.05) is 0 Å². The van der Waals surface area contributed by atoms with Gasteiger partial charge in [-0.3, -0.25) is 4.79 Å². The molecular formula is C16H23NO4. The zero-order valence-electron chi connectivity index (χ0n) is 12.5.